The van der Waals surface area contributed by atoms with Crippen LogP contribution in [0.1, 0.15) is 41.4 Å². The number of halogens is 1. The Labute approximate surface area is 153 Å². The first kappa shape index (κ1) is 16.5. The summed E-state index contributed by atoms with van der Waals surface area (Å²) < 4.78 is 0. The first-order valence-electron chi connectivity index (χ1n) is 8.26. The Balaban J connectivity index is 1.59. The van der Waals surface area contributed by atoms with Crippen molar-refractivity contribution in [2.45, 2.75) is 25.2 Å². The number of aromatic amines is 1. The third-order valence-electron chi connectivity index (χ3n) is 4.66. The number of anilines is 1. The Morgan fingerprint density at radius 3 is 2.77 bits per heavy atom. The zero-order valence-corrected chi connectivity index (χ0v) is 14.4. The van der Waals surface area contributed by atoms with E-state index in [4.69, 9.17) is 11.6 Å². The quantitative estimate of drug-likeness (QED) is 0.515. The molecule has 0 atom stereocenters. The van der Waals surface area contributed by atoms with Crippen LogP contribution in [0, 0.1) is 10.1 Å². The van der Waals surface area contributed by atoms with Crippen LogP contribution in [-0.4, -0.2) is 20.8 Å². The molecule has 1 heterocycles. The molecule has 1 aliphatic rings. The van der Waals surface area contributed by atoms with Gasteiger partial charge in [-0.05, 0) is 37.1 Å². The third kappa shape index (κ3) is 3.01. The molecule has 0 unspecified atom stereocenters. The first-order valence-corrected chi connectivity index (χ1v) is 8.64. The van der Waals surface area contributed by atoms with E-state index in [2.05, 4.69) is 15.3 Å². The van der Waals surface area contributed by atoms with Gasteiger partial charge in [0.05, 0.1) is 26.5 Å². The Kier molecular flexibility index (Phi) is 4.08. The maximum atomic E-state index is 12.5. The molecule has 2 N–H and O–H groups in total. The lowest BCUT2D eigenvalue weighted by molar-refractivity contribution is -0.384. The van der Waals surface area contributed by atoms with Crippen molar-refractivity contribution in [3.05, 3.63) is 62.9 Å². The van der Waals surface area contributed by atoms with E-state index in [-0.39, 0.29) is 16.3 Å². The second-order valence-corrected chi connectivity index (χ2v) is 6.76. The predicted octanol–water partition coefficient (Wildman–Crippen LogP) is 4.64. The summed E-state index contributed by atoms with van der Waals surface area (Å²) in [4.78, 5) is 30.7. The van der Waals surface area contributed by atoms with Gasteiger partial charge in [-0.3, -0.25) is 14.9 Å². The van der Waals surface area contributed by atoms with Crippen LogP contribution in [0.15, 0.2) is 36.4 Å². The third-order valence-corrected chi connectivity index (χ3v) is 4.98. The number of H-pyrrole nitrogens is 1. The molecule has 2 aromatic carbocycles. The molecule has 4 rings (SSSR count). The molecule has 3 aromatic rings. The molecule has 1 fully saturated rings. The van der Waals surface area contributed by atoms with Crippen LogP contribution in [0.4, 0.5) is 11.4 Å². The highest BCUT2D eigenvalue weighted by Gasteiger charge is 2.23. The Hall–Kier alpha value is -2.93. The molecule has 0 bridgehead atoms. The number of non-ortho nitro benzene ring substituents is 1. The lowest BCUT2D eigenvalue weighted by Crippen LogP contribution is -2.12. The fourth-order valence-electron chi connectivity index (χ4n) is 2.98. The molecule has 0 radical (unpaired) electrons. The van der Waals surface area contributed by atoms with Crippen molar-refractivity contribution >= 4 is 39.9 Å². The van der Waals surface area contributed by atoms with Crippen molar-refractivity contribution in [1.29, 1.82) is 0 Å². The van der Waals surface area contributed by atoms with Gasteiger partial charge in [-0.2, -0.15) is 0 Å². The number of carbonyl (C=O) groups is 1. The largest absolute Gasteiger partial charge is 0.342 e. The zero-order valence-electron chi connectivity index (χ0n) is 13.7. The molecule has 132 valence electrons. The minimum atomic E-state index is -0.564. The van der Waals surface area contributed by atoms with Gasteiger partial charge in [0.25, 0.3) is 11.6 Å². The second-order valence-electron chi connectivity index (χ2n) is 6.36. The monoisotopic (exact) mass is 370 g/mol. The number of imidazole rings is 1. The summed E-state index contributed by atoms with van der Waals surface area (Å²) in [6, 6.07) is 9.15. The average Bonchev–Trinajstić information content (AvgIpc) is 2.95. The smallest absolute Gasteiger partial charge is 0.270 e. The topological polar surface area (TPSA) is 101 Å². The van der Waals surface area contributed by atoms with Crippen LogP contribution in [0.2, 0.25) is 5.02 Å². The molecule has 0 aliphatic heterocycles. The molecule has 1 amide bonds. The van der Waals surface area contributed by atoms with E-state index in [0.29, 0.717) is 11.6 Å². The molecule has 8 heteroatoms. The number of nitrogens with one attached hydrogen (secondary N) is 2. The lowest BCUT2D eigenvalue weighted by atomic mass is 9.85. The van der Waals surface area contributed by atoms with Crippen LogP contribution in [0.3, 0.4) is 0 Å². The summed E-state index contributed by atoms with van der Waals surface area (Å²) in [5, 5.41) is 13.8. The van der Waals surface area contributed by atoms with E-state index < -0.39 is 10.8 Å². The van der Waals surface area contributed by atoms with Crippen molar-refractivity contribution < 1.29 is 9.72 Å². The van der Waals surface area contributed by atoms with Crippen LogP contribution >= 0.6 is 11.6 Å². The van der Waals surface area contributed by atoms with Crippen LogP contribution in [0.25, 0.3) is 11.0 Å². The fraction of sp³-hybridized carbons (Fsp3) is 0.222. The van der Waals surface area contributed by atoms with Gasteiger partial charge in [0.1, 0.15) is 5.82 Å². The number of fused-ring (bicyclic) bond motifs is 1. The molecule has 26 heavy (non-hydrogen) atoms. The maximum Gasteiger partial charge on any atom is 0.270 e. The molecule has 1 saturated carbocycles. The highest BCUT2D eigenvalue weighted by Crippen LogP contribution is 2.35. The normalized spacial score (nSPS) is 14.2. The summed E-state index contributed by atoms with van der Waals surface area (Å²) in [5.74, 6) is 0.970. The SMILES string of the molecule is O=C(Nc1ccc2nc(C3CCC3)[nH]c2c1)c1cc([N+](=O)[O-])ccc1Cl. The van der Waals surface area contributed by atoms with Gasteiger partial charge in [0.2, 0.25) is 0 Å². The number of nitrogens with zero attached hydrogens (tertiary/aromatic N) is 2. The van der Waals surface area contributed by atoms with E-state index in [1.807, 2.05) is 6.07 Å². The van der Waals surface area contributed by atoms with Crippen LogP contribution in [-0.2, 0) is 0 Å². The number of hydrogen-bond donors (Lipinski definition) is 2. The number of amides is 1. The highest BCUT2D eigenvalue weighted by atomic mass is 35.5. The molecule has 1 aliphatic carbocycles. The van der Waals surface area contributed by atoms with E-state index in [0.717, 1.165) is 29.7 Å². The van der Waals surface area contributed by atoms with Gasteiger partial charge >= 0.3 is 0 Å². The van der Waals surface area contributed by atoms with Gasteiger partial charge in [0, 0.05) is 23.7 Å². The first-order chi connectivity index (χ1) is 12.5. The Morgan fingerprint density at radius 2 is 2.08 bits per heavy atom. The van der Waals surface area contributed by atoms with Gasteiger partial charge in [-0.15, -0.1) is 0 Å². The Bertz CT molecular complexity index is 1030. The standard InChI is InChI=1S/C18H15ClN4O3/c19-14-6-5-12(23(25)26)9-13(14)18(24)20-11-4-7-15-16(8-11)22-17(21-15)10-2-1-3-10/h4-10H,1-3H2,(H,20,24)(H,21,22). The molecule has 7 nitrogen and oxygen atoms in total. The predicted molar refractivity (Wildman–Crippen MR) is 98.7 cm³/mol. The van der Waals surface area contributed by atoms with E-state index in [1.54, 1.807) is 12.1 Å². The summed E-state index contributed by atoms with van der Waals surface area (Å²) in [6.07, 6.45) is 3.52. The van der Waals surface area contributed by atoms with Gasteiger partial charge in [-0.1, -0.05) is 18.0 Å². The Morgan fingerprint density at radius 1 is 1.27 bits per heavy atom. The molecular formula is C18H15ClN4O3. The molecule has 0 saturated heterocycles. The number of nitro benzene ring substituents is 1. The number of carbonyl (C=O) groups excluding carboxylic acids is 1. The number of hydrogen-bond acceptors (Lipinski definition) is 4. The van der Waals surface area contributed by atoms with Gasteiger partial charge in [0.15, 0.2) is 0 Å². The summed E-state index contributed by atoms with van der Waals surface area (Å²) in [5.41, 5.74) is 2.12. The summed E-state index contributed by atoms with van der Waals surface area (Å²) in [6.45, 7) is 0. The second kappa shape index (κ2) is 6.42. The average molecular weight is 371 g/mol. The molecule has 0 spiro atoms. The zero-order chi connectivity index (χ0) is 18.3. The van der Waals surface area contributed by atoms with Crippen molar-refractivity contribution in [2.75, 3.05) is 5.32 Å². The van der Waals surface area contributed by atoms with Crippen molar-refractivity contribution in [3.63, 3.8) is 0 Å². The van der Waals surface area contributed by atoms with E-state index in [1.165, 1.54) is 24.6 Å². The van der Waals surface area contributed by atoms with E-state index in [9.17, 15) is 14.9 Å². The molecular weight excluding hydrogens is 356 g/mol. The number of benzene rings is 2. The fourth-order valence-corrected chi connectivity index (χ4v) is 3.18. The number of aromatic nitrogens is 2. The highest BCUT2D eigenvalue weighted by molar-refractivity contribution is 6.34. The number of nitro groups is 1. The van der Waals surface area contributed by atoms with Crippen LogP contribution in [0.5, 0.6) is 0 Å². The number of rotatable bonds is 4. The summed E-state index contributed by atoms with van der Waals surface area (Å²) in [7, 11) is 0. The summed E-state index contributed by atoms with van der Waals surface area (Å²) >= 11 is 6.02. The maximum absolute atomic E-state index is 12.5. The van der Waals surface area contributed by atoms with Crippen molar-refractivity contribution in [3.8, 4) is 0 Å². The van der Waals surface area contributed by atoms with Gasteiger partial charge < -0.3 is 10.3 Å². The van der Waals surface area contributed by atoms with Crippen molar-refractivity contribution in [2.24, 2.45) is 0 Å². The minimum Gasteiger partial charge on any atom is -0.342 e. The van der Waals surface area contributed by atoms with Gasteiger partial charge in [-0.25, -0.2) is 4.98 Å². The van der Waals surface area contributed by atoms with Crippen LogP contribution < -0.4 is 5.32 Å². The van der Waals surface area contributed by atoms with E-state index >= 15 is 0 Å². The molecule has 1 aromatic heterocycles. The minimum absolute atomic E-state index is 0.0562. The van der Waals surface area contributed by atoms with Crippen molar-refractivity contribution in [1.82, 2.24) is 9.97 Å². The lowest BCUT2D eigenvalue weighted by Gasteiger charge is -2.22.